The number of morpholine rings is 1. The summed E-state index contributed by atoms with van der Waals surface area (Å²) in [6.45, 7) is 1.77. The van der Waals surface area contributed by atoms with Gasteiger partial charge in [0.1, 0.15) is 5.82 Å². The average Bonchev–Trinajstić information content (AvgIpc) is 3.49. The summed E-state index contributed by atoms with van der Waals surface area (Å²) in [4.78, 5) is 32.4. The van der Waals surface area contributed by atoms with E-state index in [0.29, 0.717) is 42.9 Å². The van der Waals surface area contributed by atoms with E-state index in [9.17, 15) is 22.8 Å². The lowest BCUT2D eigenvalue weighted by molar-refractivity contribution is -0.137. The molecule has 0 amide bonds. The van der Waals surface area contributed by atoms with Crippen LogP contribution in [0.2, 0.25) is 0 Å². The Kier molecular flexibility index (Phi) is 7.07. The van der Waals surface area contributed by atoms with Crippen LogP contribution in [0.4, 0.5) is 23.2 Å². The van der Waals surface area contributed by atoms with Crippen molar-refractivity contribution in [3.05, 3.63) is 112 Å². The molecule has 214 valence electrons. The molecular weight excluding hydrogens is 556 g/mol. The molecule has 1 fully saturated rings. The highest BCUT2D eigenvalue weighted by molar-refractivity contribution is 6.06. The maximum Gasteiger partial charge on any atom is 0.416 e. The van der Waals surface area contributed by atoms with Crippen LogP contribution < -0.4 is 10.3 Å². The van der Waals surface area contributed by atoms with Gasteiger partial charge in [-0.05, 0) is 29.8 Å². The van der Waals surface area contributed by atoms with E-state index in [-0.39, 0.29) is 34.9 Å². The first-order valence-corrected chi connectivity index (χ1v) is 13.0. The number of hydrogen-bond acceptors (Lipinski definition) is 7. The fourth-order valence-corrected chi connectivity index (χ4v) is 4.87. The first kappa shape index (κ1) is 27.3. The normalized spacial score (nSPS) is 14.0. The Hall–Kier alpha value is -4.84. The second-order valence-electron chi connectivity index (χ2n) is 9.73. The molecule has 1 aliphatic rings. The van der Waals surface area contributed by atoms with Crippen molar-refractivity contribution in [1.82, 2.24) is 14.7 Å². The number of aromatic nitrogens is 3. The number of fused-ring (bicyclic) bond motifs is 1. The zero-order chi connectivity index (χ0) is 29.4. The van der Waals surface area contributed by atoms with Gasteiger partial charge in [0.05, 0.1) is 35.5 Å². The number of nitrogens with zero attached hydrogens (tertiary/aromatic N) is 4. The van der Waals surface area contributed by atoms with Crippen LogP contribution in [0.25, 0.3) is 22.3 Å². The number of halogens is 4. The number of anilines is 1. The van der Waals surface area contributed by atoms with Crippen molar-refractivity contribution in [3.8, 4) is 11.4 Å². The molecule has 0 saturated carbocycles. The molecule has 0 aliphatic carbocycles. The summed E-state index contributed by atoms with van der Waals surface area (Å²) in [6.07, 6.45) is -3.06. The second kappa shape index (κ2) is 10.9. The van der Waals surface area contributed by atoms with Gasteiger partial charge < -0.3 is 18.7 Å². The van der Waals surface area contributed by atoms with Crippen LogP contribution in [0.1, 0.15) is 27.4 Å². The van der Waals surface area contributed by atoms with Crippen LogP contribution >= 0.6 is 0 Å². The molecule has 0 atom stereocenters. The quantitative estimate of drug-likeness (QED) is 0.199. The van der Waals surface area contributed by atoms with Gasteiger partial charge in [0.15, 0.2) is 0 Å². The van der Waals surface area contributed by atoms with Gasteiger partial charge in [-0.15, -0.1) is 0 Å². The lowest BCUT2D eigenvalue weighted by Gasteiger charge is -2.29. The molecule has 3 aromatic carbocycles. The zero-order valence-electron chi connectivity index (χ0n) is 21.9. The molecule has 5 aromatic rings. The lowest BCUT2D eigenvalue weighted by Crippen LogP contribution is -2.36. The van der Waals surface area contributed by atoms with Gasteiger partial charge in [-0.3, -0.25) is 9.59 Å². The highest BCUT2D eigenvalue weighted by Gasteiger charge is 2.30. The van der Waals surface area contributed by atoms with Crippen molar-refractivity contribution in [2.24, 2.45) is 0 Å². The minimum Gasteiger partial charge on any atom is -0.378 e. The van der Waals surface area contributed by atoms with E-state index in [1.54, 1.807) is 45.9 Å². The van der Waals surface area contributed by atoms with E-state index in [4.69, 9.17) is 9.26 Å². The summed E-state index contributed by atoms with van der Waals surface area (Å²) in [7, 11) is 0. The van der Waals surface area contributed by atoms with Gasteiger partial charge in [-0.1, -0.05) is 47.6 Å². The Bertz CT molecular complexity index is 1830. The molecule has 8 nitrogen and oxygen atoms in total. The van der Waals surface area contributed by atoms with E-state index in [1.165, 1.54) is 18.3 Å². The predicted octanol–water partition coefficient (Wildman–Crippen LogP) is 5.33. The fraction of sp³-hybridized carbons (Fsp3) is 0.200. The van der Waals surface area contributed by atoms with Crippen molar-refractivity contribution in [1.29, 1.82) is 0 Å². The van der Waals surface area contributed by atoms with Crippen molar-refractivity contribution in [2.45, 2.75) is 12.7 Å². The molecule has 3 heterocycles. The topological polar surface area (TPSA) is 90.5 Å². The van der Waals surface area contributed by atoms with Gasteiger partial charge in [-0.2, -0.15) is 18.2 Å². The molecule has 42 heavy (non-hydrogen) atoms. The molecule has 0 N–H and O–H groups in total. The number of benzene rings is 3. The van der Waals surface area contributed by atoms with Crippen LogP contribution in [-0.4, -0.2) is 46.8 Å². The average molecular weight is 579 g/mol. The first-order valence-electron chi connectivity index (χ1n) is 13.0. The molecule has 2 aromatic heterocycles. The van der Waals surface area contributed by atoms with Crippen molar-refractivity contribution in [3.63, 3.8) is 0 Å². The molecule has 12 heteroatoms. The third-order valence-corrected chi connectivity index (χ3v) is 7.03. The smallest absolute Gasteiger partial charge is 0.378 e. The Balaban J connectivity index is 1.47. The number of ether oxygens (including phenoxy) is 1. The van der Waals surface area contributed by atoms with E-state index < -0.39 is 28.8 Å². The first-order chi connectivity index (χ1) is 20.2. The monoisotopic (exact) mass is 578 g/mol. The minimum atomic E-state index is -4.49. The third kappa shape index (κ3) is 5.28. The summed E-state index contributed by atoms with van der Waals surface area (Å²) in [5.41, 5.74) is -0.0157. The molecule has 1 saturated heterocycles. The van der Waals surface area contributed by atoms with E-state index >= 15 is 4.39 Å². The molecule has 1 aliphatic heterocycles. The predicted molar refractivity (Wildman–Crippen MR) is 145 cm³/mol. The number of carbonyl (C=O) groups is 1. The molecule has 0 radical (unpaired) electrons. The standard InChI is InChI=1S/C30H22F4N4O4/c31-23-14-21-24(15-25(23)37-10-12-41-13-11-37)38(16-18-6-8-20(9-7-18)30(32,33)34)17-22(27(21)40)28-35-29(42-36-28)26(39)19-4-2-1-3-5-19/h1-9,14-15,17H,10-13,16H2. The van der Waals surface area contributed by atoms with Crippen LogP contribution in [0.5, 0.6) is 0 Å². The molecule has 0 spiro atoms. The summed E-state index contributed by atoms with van der Waals surface area (Å²) >= 11 is 0. The largest absolute Gasteiger partial charge is 0.416 e. The Morgan fingerprint density at radius 2 is 1.69 bits per heavy atom. The molecular formula is C30H22F4N4O4. The van der Waals surface area contributed by atoms with E-state index in [0.717, 1.165) is 18.2 Å². The maximum atomic E-state index is 15.4. The molecule has 0 bridgehead atoms. The second-order valence-corrected chi connectivity index (χ2v) is 9.73. The Morgan fingerprint density at radius 1 is 0.976 bits per heavy atom. The summed E-state index contributed by atoms with van der Waals surface area (Å²) in [5.74, 6) is -1.67. The SMILES string of the molecule is O=C(c1ccccc1)c1nc(-c2cn(Cc3ccc(C(F)(F)F)cc3)c3cc(N4CCOCC4)c(F)cc3c2=O)no1. The number of alkyl halides is 3. The van der Waals surface area contributed by atoms with Crippen LogP contribution in [-0.2, 0) is 17.5 Å². The lowest BCUT2D eigenvalue weighted by atomic mass is 10.1. The van der Waals surface area contributed by atoms with Crippen LogP contribution in [0, 0.1) is 5.82 Å². The van der Waals surface area contributed by atoms with Gasteiger partial charge in [0.2, 0.25) is 11.3 Å². The summed E-state index contributed by atoms with van der Waals surface area (Å²) in [6, 6.07) is 15.5. The van der Waals surface area contributed by atoms with Crippen LogP contribution in [0.15, 0.2) is 82.2 Å². The molecule has 6 rings (SSSR count). The van der Waals surface area contributed by atoms with Gasteiger partial charge in [0, 0.05) is 36.8 Å². The van der Waals surface area contributed by atoms with Crippen molar-refractivity contribution < 1.29 is 31.6 Å². The number of pyridine rings is 1. The molecule has 0 unspecified atom stereocenters. The van der Waals surface area contributed by atoms with Gasteiger partial charge in [0.25, 0.3) is 11.7 Å². The third-order valence-electron chi connectivity index (χ3n) is 7.03. The number of carbonyl (C=O) groups excluding carboxylic acids is 1. The van der Waals surface area contributed by atoms with Crippen molar-refractivity contribution >= 4 is 22.4 Å². The Labute approximate surface area is 235 Å². The summed E-state index contributed by atoms with van der Waals surface area (Å²) < 4.78 is 66.9. The van der Waals surface area contributed by atoms with Gasteiger partial charge >= 0.3 is 6.18 Å². The zero-order valence-corrected chi connectivity index (χ0v) is 21.9. The van der Waals surface area contributed by atoms with E-state index in [1.807, 2.05) is 0 Å². The maximum absolute atomic E-state index is 15.4. The Morgan fingerprint density at radius 3 is 2.38 bits per heavy atom. The number of hydrogen-bond donors (Lipinski definition) is 0. The number of ketones is 1. The van der Waals surface area contributed by atoms with Gasteiger partial charge in [-0.25, -0.2) is 4.39 Å². The summed E-state index contributed by atoms with van der Waals surface area (Å²) in [5, 5.41) is 3.85. The minimum absolute atomic E-state index is 0.00894. The highest BCUT2D eigenvalue weighted by atomic mass is 19.4. The van der Waals surface area contributed by atoms with Crippen LogP contribution in [0.3, 0.4) is 0 Å². The van der Waals surface area contributed by atoms with E-state index in [2.05, 4.69) is 10.1 Å². The fourth-order valence-electron chi connectivity index (χ4n) is 4.87. The van der Waals surface area contributed by atoms with Crippen molar-refractivity contribution in [2.75, 3.05) is 31.2 Å². The number of rotatable bonds is 6. The highest BCUT2D eigenvalue weighted by Crippen LogP contribution is 2.31.